The Morgan fingerprint density at radius 3 is 2.38 bits per heavy atom. The maximum atomic E-state index is 3.55. The molecule has 0 saturated carbocycles. The summed E-state index contributed by atoms with van der Waals surface area (Å²) in [4.78, 5) is 2.35. The summed E-state index contributed by atoms with van der Waals surface area (Å²) in [7, 11) is 6.43. The number of nitrogens with one attached hydrogen (secondary N) is 1. The molecule has 2 heteroatoms. The predicted molar refractivity (Wildman–Crippen MR) is 92.9 cm³/mol. The van der Waals surface area contributed by atoms with Gasteiger partial charge in [0.05, 0.1) is 0 Å². The first-order valence-corrected chi connectivity index (χ1v) is 7.84. The summed E-state index contributed by atoms with van der Waals surface area (Å²) in [6.45, 7) is 4.62. The van der Waals surface area contributed by atoms with Crippen molar-refractivity contribution in [3.8, 4) is 0 Å². The molecule has 0 aliphatic heterocycles. The smallest absolute Gasteiger partial charge is 0.0328 e. The Kier molecular flexibility index (Phi) is 5.02. The summed E-state index contributed by atoms with van der Waals surface area (Å²) in [5, 5.41) is 6.25. The first kappa shape index (κ1) is 16.0. The van der Waals surface area contributed by atoms with Crippen molar-refractivity contribution in [3.63, 3.8) is 0 Å². The van der Waals surface area contributed by atoms with E-state index in [0.717, 1.165) is 12.8 Å². The number of hydrogen-bond donors (Lipinski definition) is 1. The lowest BCUT2D eigenvalue weighted by Gasteiger charge is -2.43. The third-order valence-electron chi connectivity index (χ3n) is 5.14. The van der Waals surface area contributed by atoms with Gasteiger partial charge in [0, 0.05) is 11.6 Å². The van der Waals surface area contributed by atoms with Crippen LogP contribution in [-0.2, 0) is 6.42 Å². The van der Waals surface area contributed by atoms with Gasteiger partial charge < -0.3 is 10.2 Å². The van der Waals surface area contributed by atoms with E-state index < -0.39 is 0 Å². The highest BCUT2D eigenvalue weighted by Gasteiger charge is 2.33. The van der Waals surface area contributed by atoms with Gasteiger partial charge in [-0.15, -0.1) is 0 Å². The van der Waals surface area contributed by atoms with Crippen LogP contribution in [0.5, 0.6) is 0 Å². The standard InChI is InChI=1S/C19H28N2/c1-6-19(2,21(4)5)18(20-3)14-16-12-9-11-15-10-7-8-13-17(15)16/h7-13,18,20H,6,14H2,1-5H3. The number of nitrogens with zero attached hydrogens (tertiary/aromatic N) is 1. The second kappa shape index (κ2) is 6.59. The average molecular weight is 284 g/mol. The molecule has 0 aliphatic rings. The van der Waals surface area contributed by atoms with E-state index in [1.807, 2.05) is 0 Å². The Balaban J connectivity index is 2.37. The first-order chi connectivity index (χ1) is 10.0. The quantitative estimate of drug-likeness (QED) is 0.870. The van der Waals surface area contributed by atoms with Gasteiger partial charge >= 0.3 is 0 Å². The lowest BCUT2D eigenvalue weighted by Crippen LogP contribution is -2.56. The van der Waals surface area contributed by atoms with E-state index in [0.29, 0.717) is 6.04 Å². The van der Waals surface area contributed by atoms with Gasteiger partial charge in [0.1, 0.15) is 0 Å². The van der Waals surface area contributed by atoms with Gasteiger partial charge in [0.2, 0.25) is 0 Å². The maximum Gasteiger partial charge on any atom is 0.0328 e. The predicted octanol–water partition coefficient (Wildman–Crippen LogP) is 3.70. The minimum atomic E-state index is 0.145. The van der Waals surface area contributed by atoms with E-state index in [-0.39, 0.29) is 5.54 Å². The van der Waals surface area contributed by atoms with Crippen molar-refractivity contribution in [2.75, 3.05) is 21.1 Å². The Bertz CT molecular complexity index is 586. The monoisotopic (exact) mass is 284 g/mol. The number of hydrogen-bond acceptors (Lipinski definition) is 2. The SMILES string of the molecule is CCC(C)(C(Cc1cccc2ccccc12)NC)N(C)C. The molecule has 2 nitrogen and oxygen atoms in total. The van der Waals surface area contributed by atoms with Gasteiger partial charge in [-0.2, -0.15) is 0 Å². The van der Waals surface area contributed by atoms with Crippen LogP contribution in [-0.4, -0.2) is 37.6 Å². The zero-order valence-electron chi connectivity index (χ0n) is 14.0. The van der Waals surface area contributed by atoms with Crippen molar-refractivity contribution in [1.82, 2.24) is 10.2 Å². The van der Waals surface area contributed by atoms with Crippen LogP contribution in [0.3, 0.4) is 0 Å². The Labute approximate surface area is 129 Å². The lowest BCUT2D eigenvalue weighted by molar-refractivity contribution is 0.116. The fourth-order valence-corrected chi connectivity index (χ4v) is 3.20. The highest BCUT2D eigenvalue weighted by atomic mass is 15.2. The topological polar surface area (TPSA) is 15.3 Å². The molecule has 114 valence electrons. The van der Waals surface area contributed by atoms with Crippen molar-refractivity contribution in [3.05, 3.63) is 48.0 Å². The molecule has 2 unspecified atom stereocenters. The molecule has 0 radical (unpaired) electrons. The van der Waals surface area contributed by atoms with Crippen LogP contribution in [0.25, 0.3) is 10.8 Å². The van der Waals surface area contributed by atoms with E-state index in [9.17, 15) is 0 Å². The number of benzene rings is 2. The highest BCUT2D eigenvalue weighted by molar-refractivity contribution is 5.85. The molecule has 0 spiro atoms. The second-order valence-corrected chi connectivity index (χ2v) is 6.29. The van der Waals surface area contributed by atoms with E-state index in [1.54, 1.807) is 0 Å². The maximum absolute atomic E-state index is 3.55. The van der Waals surface area contributed by atoms with Crippen LogP contribution in [0.4, 0.5) is 0 Å². The van der Waals surface area contributed by atoms with Crippen molar-refractivity contribution < 1.29 is 0 Å². The van der Waals surface area contributed by atoms with E-state index >= 15 is 0 Å². The summed E-state index contributed by atoms with van der Waals surface area (Å²) in [6, 6.07) is 15.7. The summed E-state index contributed by atoms with van der Waals surface area (Å²) < 4.78 is 0. The fourth-order valence-electron chi connectivity index (χ4n) is 3.20. The van der Waals surface area contributed by atoms with Crippen molar-refractivity contribution in [1.29, 1.82) is 0 Å². The van der Waals surface area contributed by atoms with Crippen LogP contribution in [0, 0.1) is 0 Å². The van der Waals surface area contributed by atoms with Crippen molar-refractivity contribution >= 4 is 10.8 Å². The molecule has 2 rings (SSSR count). The van der Waals surface area contributed by atoms with Crippen LogP contribution >= 0.6 is 0 Å². The molecule has 2 atom stereocenters. The molecule has 0 saturated heterocycles. The van der Waals surface area contributed by atoms with Crippen molar-refractivity contribution in [2.45, 2.75) is 38.3 Å². The number of fused-ring (bicyclic) bond motifs is 1. The van der Waals surface area contributed by atoms with Gasteiger partial charge in [0.15, 0.2) is 0 Å². The van der Waals surface area contributed by atoms with Gasteiger partial charge in [-0.3, -0.25) is 0 Å². The molecule has 0 amide bonds. The largest absolute Gasteiger partial charge is 0.315 e. The minimum Gasteiger partial charge on any atom is -0.315 e. The average Bonchev–Trinajstić information content (AvgIpc) is 2.51. The zero-order valence-corrected chi connectivity index (χ0v) is 14.0. The molecule has 0 aromatic heterocycles. The van der Waals surface area contributed by atoms with Crippen molar-refractivity contribution in [2.24, 2.45) is 0 Å². The van der Waals surface area contributed by atoms with E-state index in [1.165, 1.54) is 16.3 Å². The molecule has 1 N–H and O–H groups in total. The third kappa shape index (κ3) is 3.12. The molecule has 0 bridgehead atoms. The molecule has 0 aliphatic carbocycles. The van der Waals surface area contributed by atoms with Gasteiger partial charge in [-0.25, -0.2) is 0 Å². The number of rotatable bonds is 6. The van der Waals surface area contributed by atoms with Crippen LogP contribution in [0.2, 0.25) is 0 Å². The molecule has 21 heavy (non-hydrogen) atoms. The minimum absolute atomic E-state index is 0.145. The van der Waals surface area contributed by atoms with Gasteiger partial charge in [-0.1, -0.05) is 49.4 Å². The molecule has 2 aromatic carbocycles. The third-order valence-corrected chi connectivity index (χ3v) is 5.14. The summed E-state index contributed by atoms with van der Waals surface area (Å²) in [5.41, 5.74) is 1.57. The van der Waals surface area contributed by atoms with E-state index in [4.69, 9.17) is 0 Å². The molecular formula is C19H28N2. The second-order valence-electron chi connectivity index (χ2n) is 6.29. The Morgan fingerprint density at radius 1 is 1.10 bits per heavy atom. The summed E-state index contributed by atoms with van der Waals surface area (Å²) in [5.74, 6) is 0. The van der Waals surface area contributed by atoms with Gasteiger partial charge in [-0.05, 0) is 57.2 Å². The van der Waals surface area contributed by atoms with Crippen LogP contribution < -0.4 is 5.32 Å². The summed E-state index contributed by atoms with van der Waals surface area (Å²) >= 11 is 0. The molecular weight excluding hydrogens is 256 g/mol. The first-order valence-electron chi connectivity index (χ1n) is 7.84. The summed E-state index contributed by atoms with van der Waals surface area (Å²) in [6.07, 6.45) is 2.16. The van der Waals surface area contributed by atoms with Crippen LogP contribution in [0.15, 0.2) is 42.5 Å². The van der Waals surface area contributed by atoms with E-state index in [2.05, 4.69) is 87.7 Å². The van der Waals surface area contributed by atoms with Gasteiger partial charge in [0.25, 0.3) is 0 Å². The zero-order chi connectivity index (χ0) is 15.5. The Morgan fingerprint density at radius 2 is 1.76 bits per heavy atom. The molecule has 0 heterocycles. The molecule has 2 aromatic rings. The molecule has 0 fully saturated rings. The van der Waals surface area contributed by atoms with Crippen LogP contribution in [0.1, 0.15) is 25.8 Å². The highest BCUT2D eigenvalue weighted by Crippen LogP contribution is 2.26. The normalized spacial score (nSPS) is 16.1. The lowest BCUT2D eigenvalue weighted by atomic mass is 9.83. The fraction of sp³-hybridized carbons (Fsp3) is 0.474. The number of likely N-dealkylation sites (N-methyl/N-ethyl adjacent to an activating group) is 2. The Hall–Kier alpha value is -1.38.